The van der Waals surface area contributed by atoms with Gasteiger partial charge in [0.15, 0.2) is 0 Å². The number of fused-ring (bicyclic) bond motifs is 1. The van der Waals surface area contributed by atoms with Gasteiger partial charge in [-0.15, -0.1) is 11.8 Å². The molecule has 6 nitrogen and oxygen atoms in total. The molecular weight excluding hydrogens is 425 g/mol. The first-order valence-electron chi connectivity index (χ1n) is 10.9. The highest BCUT2D eigenvalue weighted by atomic mass is 32.2. The van der Waals surface area contributed by atoms with E-state index in [1.807, 2.05) is 16.7 Å². The van der Waals surface area contributed by atoms with Crippen molar-refractivity contribution >= 4 is 23.5 Å². The van der Waals surface area contributed by atoms with E-state index >= 15 is 0 Å². The zero-order chi connectivity index (χ0) is 22.0. The van der Waals surface area contributed by atoms with Crippen LogP contribution >= 0.6 is 11.8 Å². The summed E-state index contributed by atoms with van der Waals surface area (Å²) in [6.07, 6.45) is 1.66. The predicted molar refractivity (Wildman–Crippen MR) is 130 cm³/mol. The molecule has 1 aromatic heterocycles. The molecule has 2 aliphatic heterocycles. The minimum Gasteiger partial charge on any atom is -0.353 e. The second-order valence-electron chi connectivity index (χ2n) is 8.49. The van der Waals surface area contributed by atoms with E-state index in [1.165, 1.54) is 17.7 Å². The van der Waals surface area contributed by atoms with Crippen LogP contribution in [0.4, 0.5) is 10.2 Å². The quantitative estimate of drug-likeness (QED) is 0.705. The van der Waals surface area contributed by atoms with Gasteiger partial charge in [-0.05, 0) is 24.6 Å². The second-order valence-corrected chi connectivity index (χ2v) is 9.82. The van der Waals surface area contributed by atoms with Crippen molar-refractivity contribution < 1.29 is 9.18 Å². The fourth-order valence-corrected chi connectivity index (χ4v) is 5.29. The number of benzene rings is 1. The lowest BCUT2D eigenvalue weighted by Gasteiger charge is -2.38. The molecule has 8 heteroatoms. The molecule has 0 bridgehead atoms. The monoisotopic (exact) mass is 459 g/mol. The number of piperazine rings is 1. The lowest BCUT2D eigenvalue weighted by Crippen LogP contribution is -2.51. The van der Waals surface area contributed by atoms with Crippen LogP contribution in [0.25, 0.3) is 0 Å². The van der Waals surface area contributed by atoms with Crippen LogP contribution in [0.2, 0.25) is 0 Å². The van der Waals surface area contributed by atoms with Gasteiger partial charge in [-0.2, -0.15) is 0 Å². The number of hydrogen-bond donors (Lipinski definition) is 1. The van der Waals surface area contributed by atoms with Crippen molar-refractivity contribution in [3.8, 4) is 0 Å². The van der Waals surface area contributed by atoms with Crippen LogP contribution in [-0.2, 0) is 10.5 Å². The number of carbonyl (C=O) groups is 1. The van der Waals surface area contributed by atoms with E-state index in [0.29, 0.717) is 24.9 Å². The van der Waals surface area contributed by atoms with E-state index in [-0.39, 0.29) is 31.1 Å². The largest absolute Gasteiger partial charge is 0.353 e. The smallest absolute Gasteiger partial charge is 0.231 e. The molecule has 1 unspecified atom stereocenters. The molecule has 0 aliphatic carbocycles. The summed E-state index contributed by atoms with van der Waals surface area (Å²) in [5.74, 6) is 1.44. The molecule has 0 radical (unpaired) electrons. The Morgan fingerprint density at radius 1 is 1.19 bits per heavy atom. The summed E-state index contributed by atoms with van der Waals surface area (Å²) in [6.45, 7) is 9.67. The van der Waals surface area contributed by atoms with E-state index in [1.54, 1.807) is 18.5 Å². The molecule has 0 spiro atoms. The maximum Gasteiger partial charge on any atom is 0.231 e. The number of aromatic nitrogens is 2. The maximum atomic E-state index is 13.4. The number of hydrogen-bond acceptors (Lipinski definition) is 6. The second kappa shape index (κ2) is 10.6. The average Bonchev–Trinajstić information content (AvgIpc) is 3.16. The first-order valence-corrected chi connectivity index (χ1v) is 12.0. The Kier molecular flexibility index (Phi) is 8.11. The number of nitrogens with zero attached hydrogens (tertiary/aromatic N) is 4. The molecule has 2 aromatic rings. The number of thioether (sulfide) groups is 1. The van der Waals surface area contributed by atoms with E-state index < -0.39 is 0 Å². The third-order valence-corrected chi connectivity index (χ3v) is 7.19. The highest BCUT2D eigenvalue weighted by molar-refractivity contribution is 7.99. The molecule has 174 valence electrons. The summed E-state index contributed by atoms with van der Waals surface area (Å²) < 4.78 is 13.4. The maximum absolute atomic E-state index is 13.4. The summed E-state index contributed by atoms with van der Waals surface area (Å²) in [5.41, 5.74) is 3.23. The molecule has 32 heavy (non-hydrogen) atoms. The molecule has 0 saturated carbocycles. The zero-order valence-corrected chi connectivity index (χ0v) is 19.2. The van der Waals surface area contributed by atoms with Crippen molar-refractivity contribution in [1.29, 1.82) is 0 Å². The Bertz CT molecular complexity index is 915. The van der Waals surface area contributed by atoms with Crippen molar-refractivity contribution in [3.05, 3.63) is 53.2 Å². The standard InChI is InChI=1S/C23H30FN5OS.CH4/c1-15(2)25-12-19(17-4-6-18(24)7-5-17)23(30)29-10-8-28(9-11-29)22-21-16(3)31-13-20(21)26-14-27-22;/h4-7,14-16,19,25H,8-13H2,1-3H3;1H4/t16-,19?;/m0./s1. The van der Waals surface area contributed by atoms with Crippen molar-refractivity contribution in [2.75, 3.05) is 37.6 Å². The highest BCUT2D eigenvalue weighted by Gasteiger charge is 2.32. The Balaban J connectivity index is 0.00000289. The number of halogens is 1. The molecular formula is C24H34FN5OS. The van der Waals surface area contributed by atoms with Crippen LogP contribution in [0.3, 0.4) is 0 Å². The topological polar surface area (TPSA) is 61.4 Å². The van der Waals surface area contributed by atoms with Gasteiger partial charge in [0.2, 0.25) is 5.91 Å². The van der Waals surface area contributed by atoms with Crippen LogP contribution in [0.15, 0.2) is 30.6 Å². The zero-order valence-electron chi connectivity index (χ0n) is 18.3. The van der Waals surface area contributed by atoms with E-state index in [9.17, 15) is 9.18 Å². The van der Waals surface area contributed by atoms with Gasteiger partial charge in [0, 0.05) is 55.3 Å². The highest BCUT2D eigenvalue weighted by Crippen LogP contribution is 2.44. The summed E-state index contributed by atoms with van der Waals surface area (Å²) in [6, 6.07) is 6.57. The minimum atomic E-state index is -0.325. The molecule has 4 rings (SSSR count). The lowest BCUT2D eigenvalue weighted by atomic mass is 9.96. The number of nitrogens with one attached hydrogen (secondary N) is 1. The Hall–Kier alpha value is -2.19. The fraction of sp³-hybridized carbons (Fsp3) is 0.542. The molecule has 1 saturated heterocycles. The Morgan fingerprint density at radius 2 is 1.88 bits per heavy atom. The minimum absolute atomic E-state index is 0. The van der Waals surface area contributed by atoms with Gasteiger partial charge in [0.1, 0.15) is 18.0 Å². The molecule has 2 aliphatic rings. The van der Waals surface area contributed by atoms with Gasteiger partial charge in [-0.1, -0.05) is 33.4 Å². The van der Waals surface area contributed by atoms with Gasteiger partial charge in [-0.25, -0.2) is 14.4 Å². The predicted octanol–water partition coefficient (Wildman–Crippen LogP) is 3.99. The van der Waals surface area contributed by atoms with Crippen LogP contribution in [0.1, 0.15) is 56.2 Å². The van der Waals surface area contributed by atoms with E-state index in [0.717, 1.165) is 35.9 Å². The summed E-state index contributed by atoms with van der Waals surface area (Å²) in [4.78, 5) is 26.7. The SMILES string of the molecule is C.CC(C)NCC(C(=O)N1CCN(c2ncnc3c2[C@H](C)SC3)CC1)c1ccc(F)cc1. The van der Waals surface area contributed by atoms with Crippen LogP contribution in [0, 0.1) is 5.82 Å². The first-order chi connectivity index (χ1) is 14.9. The van der Waals surface area contributed by atoms with E-state index in [2.05, 4.69) is 41.0 Å². The van der Waals surface area contributed by atoms with Crippen LogP contribution in [0.5, 0.6) is 0 Å². The normalized spacial score (nSPS) is 19.0. The molecule has 1 N–H and O–H groups in total. The van der Waals surface area contributed by atoms with Gasteiger partial charge < -0.3 is 15.1 Å². The number of carbonyl (C=O) groups excluding carboxylic acids is 1. The Morgan fingerprint density at radius 3 is 2.53 bits per heavy atom. The van der Waals surface area contributed by atoms with Crippen molar-refractivity contribution in [1.82, 2.24) is 20.2 Å². The molecule has 1 aromatic carbocycles. The summed E-state index contributed by atoms with van der Waals surface area (Å²) >= 11 is 1.89. The third-order valence-electron chi connectivity index (χ3n) is 6.01. The van der Waals surface area contributed by atoms with Gasteiger partial charge in [0.05, 0.1) is 11.6 Å². The third kappa shape index (κ3) is 5.23. The molecule has 1 amide bonds. The first kappa shape index (κ1) is 24.5. The molecule has 1 fully saturated rings. The lowest BCUT2D eigenvalue weighted by molar-refractivity contribution is -0.133. The van der Waals surface area contributed by atoms with Crippen LogP contribution < -0.4 is 10.2 Å². The molecule has 3 heterocycles. The van der Waals surface area contributed by atoms with E-state index in [4.69, 9.17) is 0 Å². The number of amides is 1. The molecule has 2 atom stereocenters. The van der Waals surface area contributed by atoms with Gasteiger partial charge in [-0.3, -0.25) is 4.79 Å². The van der Waals surface area contributed by atoms with Crippen molar-refractivity contribution in [2.45, 2.75) is 51.2 Å². The van der Waals surface area contributed by atoms with Gasteiger partial charge in [0.25, 0.3) is 0 Å². The van der Waals surface area contributed by atoms with Crippen LogP contribution in [-0.4, -0.2) is 59.5 Å². The van der Waals surface area contributed by atoms with Crippen molar-refractivity contribution in [3.63, 3.8) is 0 Å². The summed E-state index contributed by atoms with van der Waals surface area (Å²) in [7, 11) is 0. The average molecular weight is 460 g/mol. The van der Waals surface area contributed by atoms with Crippen molar-refractivity contribution in [2.24, 2.45) is 0 Å². The fourth-order valence-electron chi connectivity index (χ4n) is 4.25. The van der Waals surface area contributed by atoms with Gasteiger partial charge >= 0.3 is 0 Å². The number of anilines is 1. The number of rotatable bonds is 6. The summed E-state index contributed by atoms with van der Waals surface area (Å²) in [5, 5.41) is 3.77. The Labute approximate surface area is 195 Å².